The fourth-order valence-corrected chi connectivity index (χ4v) is 1.62. The van der Waals surface area contributed by atoms with Crippen molar-refractivity contribution in [1.82, 2.24) is 0 Å². The normalized spacial score (nSPS) is 17.8. The first kappa shape index (κ1) is 4.24. The molecule has 0 saturated heterocycles. The Morgan fingerprint density at radius 2 is 2.08 bits per heavy atom. The van der Waals surface area contributed by atoms with Gasteiger partial charge in [-0.2, -0.15) is 0 Å². The van der Waals surface area contributed by atoms with E-state index in [1.165, 1.54) is 0 Å². The van der Waals surface area contributed by atoms with Crippen LogP contribution in [0.5, 0.6) is 0 Å². The van der Waals surface area contributed by atoms with Crippen molar-refractivity contribution < 1.29 is 17.8 Å². The molecular formula is C8H6Br2O2. The third kappa shape index (κ3) is 2.32. The Morgan fingerprint density at radius 3 is 2.58 bits per heavy atom. The van der Waals surface area contributed by atoms with Crippen molar-refractivity contribution in [2.45, 2.75) is 0 Å². The topological polar surface area (TPSA) is 26.3 Å². The Kier molecular flexibility index (Phi) is 1.43. The number of halogens is 2. The first-order valence-corrected chi connectivity index (χ1v) is 4.33. The predicted octanol–water partition coefficient (Wildman–Crippen LogP) is 3.00. The average molecular weight is 300 g/mol. The first-order chi connectivity index (χ1) is 8.06. The fraction of sp³-hybridized carbons (Fsp3) is 0.125. The van der Waals surface area contributed by atoms with Gasteiger partial charge in [-0.1, -0.05) is 31.9 Å². The van der Waals surface area contributed by atoms with Gasteiger partial charge in [0.25, 0.3) is 0 Å². The van der Waals surface area contributed by atoms with Gasteiger partial charge >= 0.3 is 5.97 Å². The molecule has 0 heterocycles. The molecule has 0 aromatic heterocycles. The molecule has 0 aliphatic rings. The van der Waals surface area contributed by atoms with Crippen LogP contribution in [-0.4, -0.2) is 13.0 Å². The van der Waals surface area contributed by atoms with Gasteiger partial charge in [0, 0.05) is 8.95 Å². The van der Waals surface area contributed by atoms with Gasteiger partial charge in [-0.15, -0.1) is 0 Å². The van der Waals surface area contributed by atoms with Gasteiger partial charge in [-0.3, -0.25) is 0 Å². The molecular weight excluding hydrogens is 288 g/mol. The fourth-order valence-electron chi connectivity index (χ4n) is 0.563. The lowest BCUT2D eigenvalue weighted by Crippen LogP contribution is -2.00. The highest BCUT2D eigenvalue weighted by atomic mass is 79.9. The second-order valence-electron chi connectivity index (χ2n) is 1.77. The van der Waals surface area contributed by atoms with Crippen molar-refractivity contribution in [3.63, 3.8) is 0 Å². The molecule has 4 heteroatoms. The minimum absolute atomic E-state index is 0.0251. The number of carbonyl (C=O) groups is 1. The summed E-state index contributed by atoms with van der Waals surface area (Å²) in [5.74, 6) is -1.30. The Labute approximate surface area is 95.6 Å². The zero-order chi connectivity index (χ0) is 14.2. The van der Waals surface area contributed by atoms with E-state index in [4.69, 9.17) is 8.22 Å². The zero-order valence-corrected chi connectivity index (χ0v) is 8.74. The summed E-state index contributed by atoms with van der Waals surface area (Å²) < 4.78 is 47.3. The van der Waals surface area contributed by atoms with Crippen LogP contribution in [0.3, 0.4) is 0 Å². The summed E-state index contributed by atoms with van der Waals surface area (Å²) in [5, 5.41) is 0. The monoisotopic (exact) mass is 298 g/mol. The third-order valence-corrected chi connectivity index (χ3v) is 1.78. The molecule has 0 saturated carbocycles. The Balaban J connectivity index is 3.38. The van der Waals surface area contributed by atoms with Crippen LogP contribution in [0.2, 0.25) is 0 Å². The highest BCUT2D eigenvalue weighted by Crippen LogP contribution is 2.20. The number of carbonyl (C=O) groups excluding carboxylic acids is 1. The summed E-state index contributed by atoms with van der Waals surface area (Å²) in [6, 6.07) is -1.08. The summed E-state index contributed by atoms with van der Waals surface area (Å²) in [5.41, 5.74) is -0.513. The van der Waals surface area contributed by atoms with Gasteiger partial charge in [-0.05, 0) is 18.1 Å². The van der Waals surface area contributed by atoms with Crippen LogP contribution in [0.15, 0.2) is 27.1 Å². The van der Waals surface area contributed by atoms with Gasteiger partial charge in [0.2, 0.25) is 0 Å². The second kappa shape index (κ2) is 4.05. The predicted molar refractivity (Wildman–Crippen MR) is 53.2 cm³/mol. The molecule has 0 radical (unpaired) electrons. The molecule has 64 valence electrons. The highest BCUT2D eigenvalue weighted by Gasteiger charge is 2.06. The van der Waals surface area contributed by atoms with E-state index in [9.17, 15) is 4.79 Å². The van der Waals surface area contributed by atoms with Crippen LogP contribution in [0.25, 0.3) is 0 Å². The van der Waals surface area contributed by atoms with E-state index < -0.39 is 30.7 Å². The number of hydrogen-bond acceptors (Lipinski definition) is 2. The van der Waals surface area contributed by atoms with Crippen LogP contribution in [0.4, 0.5) is 0 Å². The first-order valence-electron chi connectivity index (χ1n) is 5.74. The minimum atomic E-state index is -2.95. The van der Waals surface area contributed by atoms with Gasteiger partial charge in [0.05, 0.1) is 20.8 Å². The summed E-state index contributed by atoms with van der Waals surface area (Å²) >= 11 is 5.85. The molecule has 12 heavy (non-hydrogen) atoms. The lowest BCUT2D eigenvalue weighted by molar-refractivity contribution is 0.0600. The number of esters is 1. The maximum absolute atomic E-state index is 11.6. The van der Waals surface area contributed by atoms with E-state index >= 15 is 0 Å². The van der Waals surface area contributed by atoms with Crippen LogP contribution < -0.4 is 0 Å². The molecule has 0 aliphatic carbocycles. The number of rotatable bonds is 1. The Morgan fingerprint density at radius 1 is 1.50 bits per heavy atom. The smallest absolute Gasteiger partial charge is 0.337 e. The lowest BCUT2D eigenvalue weighted by atomic mass is 10.2. The number of ether oxygens (including phenoxy) is 1. The number of hydrogen-bond donors (Lipinski definition) is 0. The molecule has 0 spiro atoms. The van der Waals surface area contributed by atoms with E-state index in [0.29, 0.717) is 0 Å². The Hall–Kier alpha value is -0.350. The highest BCUT2D eigenvalue weighted by molar-refractivity contribution is 9.11. The van der Waals surface area contributed by atoms with Crippen molar-refractivity contribution in [3.05, 3.63) is 32.6 Å². The number of benzene rings is 1. The molecule has 0 N–H and O–H groups in total. The maximum Gasteiger partial charge on any atom is 0.337 e. The summed E-state index contributed by atoms with van der Waals surface area (Å²) in [6.07, 6.45) is 0. The molecule has 1 aromatic carbocycles. The molecule has 0 aliphatic heterocycles. The van der Waals surface area contributed by atoms with Crippen LogP contribution in [-0.2, 0) is 4.74 Å². The lowest BCUT2D eigenvalue weighted by Gasteiger charge is -2.00. The van der Waals surface area contributed by atoms with Gasteiger partial charge in [-0.25, -0.2) is 4.79 Å². The van der Waals surface area contributed by atoms with Crippen molar-refractivity contribution in [3.8, 4) is 0 Å². The van der Waals surface area contributed by atoms with E-state index in [-0.39, 0.29) is 15.0 Å². The van der Waals surface area contributed by atoms with Crippen molar-refractivity contribution in [2.24, 2.45) is 0 Å². The summed E-state index contributed by atoms with van der Waals surface area (Å²) in [4.78, 5) is 11.6. The molecule has 0 unspecified atom stereocenters. The minimum Gasteiger partial charge on any atom is -0.465 e. The molecule has 0 bridgehead atoms. The summed E-state index contributed by atoms with van der Waals surface area (Å²) in [7, 11) is -2.95. The SMILES string of the molecule is [2H]c1c(Br)c([2H])c(C(=O)OC([2H])([2H])[2H])c([2H])c1Br. The standard InChI is InChI=1S/C8H6Br2O2/c1-12-8(11)5-2-6(9)4-7(10)3-5/h2-4H,1H3/i1D3,2D,3D,4D. The van der Waals surface area contributed by atoms with Crippen LogP contribution >= 0.6 is 31.9 Å². The van der Waals surface area contributed by atoms with E-state index in [1.807, 2.05) is 0 Å². The maximum atomic E-state index is 11.6. The van der Waals surface area contributed by atoms with Gasteiger partial charge in [0.15, 0.2) is 0 Å². The van der Waals surface area contributed by atoms with Crippen LogP contribution in [0, 0.1) is 0 Å². The van der Waals surface area contributed by atoms with E-state index in [2.05, 4.69) is 36.6 Å². The molecule has 1 rings (SSSR count). The van der Waals surface area contributed by atoms with Crippen molar-refractivity contribution >= 4 is 37.8 Å². The molecule has 2 nitrogen and oxygen atoms in total. The van der Waals surface area contributed by atoms with Crippen molar-refractivity contribution in [1.29, 1.82) is 0 Å². The zero-order valence-electron chi connectivity index (χ0n) is 11.6. The van der Waals surface area contributed by atoms with Crippen LogP contribution in [0.1, 0.15) is 18.6 Å². The average Bonchev–Trinajstić information content (AvgIpc) is 2.21. The second-order valence-corrected chi connectivity index (χ2v) is 3.35. The quantitative estimate of drug-likeness (QED) is 0.745. The number of methoxy groups -OCH3 is 1. The van der Waals surface area contributed by atoms with Crippen molar-refractivity contribution in [2.75, 3.05) is 7.04 Å². The molecule has 0 amide bonds. The largest absolute Gasteiger partial charge is 0.465 e. The van der Waals surface area contributed by atoms with E-state index in [1.54, 1.807) is 0 Å². The molecule has 0 fully saturated rings. The third-order valence-electron chi connectivity index (χ3n) is 0.986. The van der Waals surface area contributed by atoms with E-state index in [0.717, 1.165) is 0 Å². The van der Waals surface area contributed by atoms with Gasteiger partial charge in [0.1, 0.15) is 0 Å². The Bertz CT molecular complexity index is 484. The molecule has 0 atom stereocenters. The molecule has 1 aromatic rings. The van der Waals surface area contributed by atoms with Gasteiger partial charge < -0.3 is 4.74 Å². The summed E-state index contributed by atoms with van der Waals surface area (Å²) in [6.45, 7) is 0.